The lowest BCUT2D eigenvalue weighted by atomic mass is 10.0. The number of hydrogen-bond acceptors (Lipinski definition) is 2. The summed E-state index contributed by atoms with van der Waals surface area (Å²) in [6, 6.07) is 5.18. The zero-order valence-electron chi connectivity index (χ0n) is 15.0. The molecule has 3 N–H and O–H groups in total. The number of hydrogen-bond donors (Lipinski definition) is 2. The lowest BCUT2D eigenvalue weighted by Crippen LogP contribution is -2.30. The van der Waals surface area contributed by atoms with Gasteiger partial charge in [-0.25, -0.2) is 0 Å². The van der Waals surface area contributed by atoms with E-state index >= 15 is 0 Å². The summed E-state index contributed by atoms with van der Waals surface area (Å²) in [5.74, 6) is -0.00335. The molecule has 3 nitrogen and oxygen atoms in total. The molecule has 0 bridgehead atoms. The molecule has 2 aromatic rings. The zero-order chi connectivity index (χ0) is 17.7. The quantitative estimate of drug-likeness (QED) is 0.797. The predicted molar refractivity (Wildman–Crippen MR) is 99.7 cm³/mol. The molecule has 0 radical (unpaired) electrons. The topological polar surface area (TPSA) is 58.9 Å². The molecule has 0 saturated carbocycles. The van der Waals surface area contributed by atoms with Crippen LogP contribution in [0.4, 0.5) is 0 Å². The van der Waals surface area contributed by atoms with E-state index in [1.807, 2.05) is 65.9 Å². The Balaban J connectivity index is 0. The molecule has 1 atom stereocenters. The highest BCUT2D eigenvalue weighted by molar-refractivity contribution is 6.31. The highest BCUT2D eigenvalue weighted by atomic mass is 35.5. The van der Waals surface area contributed by atoms with Crippen molar-refractivity contribution in [2.24, 2.45) is 5.73 Å². The Kier molecular flexibility index (Phi) is 13.9. The third kappa shape index (κ3) is 7.10. The molecule has 0 aliphatic heterocycles. The lowest BCUT2D eigenvalue weighted by Gasteiger charge is -2.06. The van der Waals surface area contributed by atoms with Crippen LogP contribution < -0.4 is 5.73 Å². The smallest absolute Gasteiger partial charge is 0.146 e. The van der Waals surface area contributed by atoms with Crippen molar-refractivity contribution in [3.63, 3.8) is 0 Å². The lowest BCUT2D eigenvalue weighted by molar-refractivity contribution is -0.118. The first-order valence-corrected chi connectivity index (χ1v) is 8.47. The largest absolute Gasteiger partial charge is 0.361 e. The number of ketones is 1. The molecular weight excluding hydrogens is 296 g/mol. The SMILES string of the molecule is CC.CC.CC.CC(=O)C(N)Cc1c[nH]c2ccc(Cl)cc12. The number of aromatic amines is 1. The molecule has 126 valence electrons. The van der Waals surface area contributed by atoms with Gasteiger partial charge in [-0.15, -0.1) is 0 Å². The van der Waals surface area contributed by atoms with E-state index in [0.717, 1.165) is 16.5 Å². The van der Waals surface area contributed by atoms with Gasteiger partial charge >= 0.3 is 0 Å². The summed E-state index contributed by atoms with van der Waals surface area (Å²) in [7, 11) is 0. The van der Waals surface area contributed by atoms with E-state index in [1.165, 1.54) is 6.92 Å². The van der Waals surface area contributed by atoms with Crippen LogP contribution in [0.5, 0.6) is 0 Å². The predicted octanol–water partition coefficient (Wildman–Crippen LogP) is 5.36. The second kappa shape index (κ2) is 13.4. The van der Waals surface area contributed by atoms with Crippen molar-refractivity contribution in [2.75, 3.05) is 0 Å². The number of Topliss-reactive ketones (excluding diaryl/α,β-unsaturated/α-hetero) is 1. The summed E-state index contributed by atoms with van der Waals surface area (Å²) in [6.45, 7) is 13.5. The molecular formula is C18H31ClN2O. The van der Waals surface area contributed by atoms with Crippen molar-refractivity contribution < 1.29 is 4.79 Å². The normalized spacial score (nSPS) is 10.2. The molecule has 1 aromatic heterocycles. The summed E-state index contributed by atoms with van der Waals surface area (Å²) >= 11 is 5.93. The molecule has 1 heterocycles. The molecule has 2 rings (SSSR count). The van der Waals surface area contributed by atoms with Gasteiger partial charge in [0.1, 0.15) is 5.78 Å². The van der Waals surface area contributed by atoms with Crippen LogP contribution in [0.1, 0.15) is 54.0 Å². The van der Waals surface area contributed by atoms with E-state index in [-0.39, 0.29) is 5.78 Å². The molecule has 0 amide bonds. The Morgan fingerprint density at radius 3 is 2.23 bits per heavy atom. The molecule has 4 heteroatoms. The third-order valence-electron chi connectivity index (χ3n) is 2.69. The summed E-state index contributed by atoms with van der Waals surface area (Å²) < 4.78 is 0. The maximum absolute atomic E-state index is 11.1. The zero-order valence-corrected chi connectivity index (χ0v) is 15.7. The number of rotatable bonds is 3. The van der Waals surface area contributed by atoms with E-state index in [2.05, 4.69) is 4.98 Å². The number of carbonyl (C=O) groups is 1. The minimum atomic E-state index is -0.446. The minimum absolute atomic E-state index is 0.00335. The van der Waals surface area contributed by atoms with Gasteiger partial charge in [0, 0.05) is 22.1 Å². The van der Waals surface area contributed by atoms with Crippen LogP contribution in [0.3, 0.4) is 0 Å². The summed E-state index contributed by atoms with van der Waals surface area (Å²) in [5, 5.41) is 1.72. The average molecular weight is 327 g/mol. The maximum atomic E-state index is 11.1. The average Bonchev–Trinajstić information content (AvgIpc) is 2.95. The van der Waals surface area contributed by atoms with Crippen molar-refractivity contribution in [1.29, 1.82) is 0 Å². The van der Waals surface area contributed by atoms with Crippen LogP contribution in [-0.2, 0) is 11.2 Å². The van der Waals surface area contributed by atoms with E-state index in [1.54, 1.807) is 0 Å². The highest BCUT2D eigenvalue weighted by Crippen LogP contribution is 2.23. The number of fused-ring (bicyclic) bond motifs is 1. The van der Waals surface area contributed by atoms with Crippen molar-refractivity contribution in [3.05, 3.63) is 35.0 Å². The molecule has 0 saturated heterocycles. The number of halogens is 1. The second-order valence-corrected chi connectivity index (χ2v) is 4.36. The number of H-pyrrole nitrogens is 1. The molecule has 0 fully saturated rings. The first-order chi connectivity index (χ1) is 10.6. The number of benzene rings is 1. The summed E-state index contributed by atoms with van der Waals surface area (Å²) in [6.07, 6.45) is 2.42. The Hall–Kier alpha value is -1.32. The van der Waals surface area contributed by atoms with Crippen LogP contribution in [-0.4, -0.2) is 16.8 Å². The van der Waals surface area contributed by atoms with Crippen molar-refractivity contribution >= 4 is 28.3 Å². The van der Waals surface area contributed by atoms with E-state index < -0.39 is 6.04 Å². The van der Waals surface area contributed by atoms with Gasteiger partial charge in [0.15, 0.2) is 0 Å². The number of nitrogens with one attached hydrogen (secondary N) is 1. The summed E-state index contributed by atoms with van der Waals surface area (Å²) in [4.78, 5) is 14.2. The Labute approximate surface area is 140 Å². The van der Waals surface area contributed by atoms with Gasteiger partial charge in [0.05, 0.1) is 6.04 Å². The molecule has 0 spiro atoms. The van der Waals surface area contributed by atoms with Gasteiger partial charge in [-0.1, -0.05) is 53.1 Å². The molecule has 0 aliphatic carbocycles. The van der Waals surface area contributed by atoms with Crippen molar-refractivity contribution in [2.45, 2.75) is 60.9 Å². The maximum Gasteiger partial charge on any atom is 0.146 e. The van der Waals surface area contributed by atoms with Crippen LogP contribution in [0.2, 0.25) is 5.02 Å². The molecule has 1 unspecified atom stereocenters. The van der Waals surface area contributed by atoms with Gasteiger partial charge in [0.2, 0.25) is 0 Å². The van der Waals surface area contributed by atoms with E-state index in [9.17, 15) is 4.79 Å². The first-order valence-electron chi connectivity index (χ1n) is 8.09. The monoisotopic (exact) mass is 326 g/mol. The fourth-order valence-corrected chi connectivity index (χ4v) is 1.87. The Bertz CT molecular complexity index is 535. The number of carbonyl (C=O) groups excluding carboxylic acids is 1. The highest BCUT2D eigenvalue weighted by Gasteiger charge is 2.12. The Morgan fingerprint density at radius 2 is 1.73 bits per heavy atom. The molecule has 0 aliphatic rings. The van der Waals surface area contributed by atoms with Crippen LogP contribution >= 0.6 is 11.6 Å². The minimum Gasteiger partial charge on any atom is -0.361 e. The fraction of sp³-hybridized carbons (Fsp3) is 0.500. The van der Waals surface area contributed by atoms with Crippen LogP contribution in [0.15, 0.2) is 24.4 Å². The van der Waals surface area contributed by atoms with Gasteiger partial charge in [-0.05, 0) is 37.1 Å². The van der Waals surface area contributed by atoms with Gasteiger partial charge in [-0.2, -0.15) is 0 Å². The van der Waals surface area contributed by atoms with Crippen molar-refractivity contribution in [3.8, 4) is 0 Å². The van der Waals surface area contributed by atoms with Crippen LogP contribution in [0.25, 0.3) is 10.9 Å². The number of nitrogens with two attached hydrogens (primary N) is 1. The molecule has 22 heavy (non-hydrogen) atoms. The number of aromatic nitrogens is 1. The Morgan fingerprint density at radius 1 is 1.18 bits per heavy atom. The molecule has 1 aromatic carbocycles. The van der Waals surface area contributed by atoms with Gasteiger partial charge in [-0.3, -0.25) is 4.79 Å². The van der Waals surface area contributed by atoms with Gasteiger partial charge in [0.25, 0.3) is 0 Å². The van der Waals surface area contributed by atoms with E-state index in [0.29, 0.717) is 11.4 Å². The van der Waals surface area contributed by atoms with Crippen molar-refractivity contribution in [1.82, 2.24) is 4.98 Å². The summed E-state index contributed by atoms with van der Waals surface area (Å²) in [5.41, 5.74) is 7.78. The third-order valence-corrected chi connectivity index (χ3v) is 2.93. The van der Waals surface area contributed by atoms with E-state index in [4.69, 9.17) is 17.3 Å². The second-order valence-electron chi connectivity index (χ2n) is 3.93. The van der Waals surface area contributed by atoms with Crippen LogP contribution in [0, 0.1) is 0 Å². The standard InChI is InChI=1S/C12H13ClN2O.3C2H6/c1-7(16)11(14)4-8-6-15-12-3-2-9(13)5-10(8)12;3*1-2/h2-3,5-6,11,15H,4,14H2,1H3;3*1-2H3. The van der Waals surface area contributed by atoms with Gasteiger partial charge < -0.3 is 10.7 Å². The fourth-order valence-electron chi connectivity index (χ4n) is 1.70. The first kappa shape index (κ1) is 23.0.